The predicted octanol–water partition coefficient (Wildman–Crippen LogP) is 4.68. The number of nitrogens with one attached hydrogen (secondary N) is 1. The molecule has 1 aliphatic rings. The van der Waals surface area contributed by atoms with Gasteiger partial charge in [0.2, 0.25) is 0 Å². The highest BCUT2D eigenvalue weighted by Gasteiger charge is 2.19. The second-order valence-corrected chi connectivity index (χ2v) is 8.61. The van der Waals surface area contributed by atoms with Crippen molar-refractivity contribution in [2.45, 2.75) is 58.4 Å². The molecule has 0 saturated heterocycles. The summed E-state index contributed by atoms with van der Waals surface area (Å²) in [5.74, 6) is 0.0561. The summed E-state index contributed by atoms with van der Waals surface area (Å²) in [5.41, 5.74) is 5.74. The van der Waals surface area contributed by atoms with Crippen LogP contribution in [0.15, 0.2) is 59.4 Å². The van der Waals surface area contributed by atoms with Crippen LogP contribution in [0.1, 0.15) is 70.9 Å². The predicted molar refractivity (Wildman–Crippen MR) is 127 cm³/mol. The maximum atomic E-state index is 13.4. The zero-order chi connectivity index (χ0) is 22.3. The van der Waals surface area contributed by atoms with Crippen molar-refractivity contribution in [2.24, 2.45) is 0 Å². The van der Waals surface area contributed by atoms with Crippen molar-refractivity contribution in [3.05, 3.63) is 98.5 Å². The van der Waals surface area contributed by atoms with Crippen LogP contribution in [0, 0.1) is 0 Å². The number of hydrogen-bond acceptors (Lipinski definition) is 3. The Bertz CT molecular complexity index is 1120. The number of aromatic nitrogens is 2. The molecule has 0 spiro atoms. The van der Waals surface area contributed by atoms with Crippen molar-refractivity contribution in [1.82, 2.24) is 15.1 Å². The number of amides is 1. The standard InChI is InChI=1S/C27H31N3O2/c1-2-3-16-30(19-20-10-5-4-6-11-20)27(32)22-13-9-12-21(17-22)18-25-23-14-7-8-15-24(23)26(31)29-28-25/h4-6,9-13,17H,2-3,7-8,14-16,18-19H2,1H3,(H,29,31). The van der Waals surface area contributed by atoms with Gasteiger partial charge in [0.05, 0.1) is 5.69 Å². The van der Waals surface area contributed by atoms with Gasteiger partial charge in [0.1, 0.15) is 0 Å². The highest BCUT2D eigenvalue weighted by Crippen LogP contribution is 2.22. The Hall–Kier alpha value is -3.21. The molecule has 32 heavy (non-hydrogen) atoms. The van der Waals surface area contributed by atoms with Crippen molar-refractivity contribution < 1.29 is 4.79 Å². The third kappa shape index (κ3) is 5.16. The number of hydrogen-bond donors (Lipinski definition) is 1. The summed E-state index contributed by atoms with van der Waals surface area (Å²) in [5, 5.41) is 7.03. The molecule has 0 fully saturated rings. The van der Waals surface area contributed by atoms with E-state index < -0.39 is 0 Å². The molecule has 4 rings (SSSR count). The Balaban J connectivity index is 1.56. The van der Waals surface area contributed by atoms with E-state index in [1.54, 1.807) is 0 Å². The highest BCUT2D eigenvalue weighted by molar-refractivity contribution is 5.94. The van der Waals surface area contributed by atoms with Gasteiger partial charge < -0.3 is 4.90 Å². The van der Waals surface area contributed by atoms with Crippen molar-refractivity contribution in [2.75, 3.05) is 6.54 Å². The van der Waals surface area contributed by atoms with Crippen LogP contribution >= 0.6 is 0 Å². The topological polar surface area (TPSA) is 66.1 Å². The highest BCUT2D eigenvalue weighted by atomic mass is 16.2. The van der Waals surface area contributed by atoms with E-state index in [0.717, 1.165) is 73.0 Å². The normalized spacial score (nSPS) is 12.9. The van der Waals surface area contributed by atoms with Crippen molar-refractivity contribution >= 4 is 5.91 Å². The van der Waals surface area contributed by atoms with Crippen LogP contribution in [0.2, 0.25) is 0 Å². The molecule has 3 aromatic rings. The Kier molecular flexibility index (Phi) is 7.15. The Morgan fingerprint density at radius 3 is 2.53 bits per heavy atom. The number of rotatable bonds is 8. The number of fused-ring (bicyclic) bond motifs is 1. The maximum absolute atomic E-state index is 13.4. The Morgan fingerprint density at radius 2 is 1.75 bits per heavy atom. The van der Waals surface area contributed by atoms with Crippen LogP contribution in [-0.2, 0) is 25.8 Å². The maximum Gasteiger partial charge on any atom is 0.267 e. The van der Waals surface area contributed by atoms with Crippen LogP contribution < -0.4 is 5.56 Å². The SMILES string of the molecule is CCCCN(Cc1ccccc1)C(=O)c1cccc(Cc2n[nH]c(=O)c3c2CCCC3)c1. The van der Waals surface area contributed by atoms with Gasteiger partial charge in [0, 0.05) is 30.6 Å². The van der Waals surface area contributed by atoms with Gasteiger partial charge in [-0.1, -0.05) is 55.8 Å². The second-order valence-electron chi connectivity index (χ2n) is 8.61. The molecule has 5 nitrogen and oxygen atoms in total. The largest absolute Gasteiger partial charge is 0.334 e. The van der Waals surface area contributed by atoms with Gasteiger partial charge in [-0.25, -0.2) is 5.10 Å². The molecule has 0 unspecified atom stereocenters. The summed E-state index contributed by atoms with van der Waals surface area (Å²) in [6.45, 7) is 3.49. The summed E-state index contributed by atoms with van der Waals surface area (Å²) < 4.78 is 0. The lowest BCUT2D eigenvalue weighted by Crippen LogP contribution is -2.31. The number of carbonyl (C=O) groups is 1. The fraction of sp³-hybridized carbons (Fsp3) is 0.370. The molecule has 1 N–H and O–H groups in total. The van der Waals surface area contributed by atoms with Gasteiger partial charge >= 0.3 is 0 Å². The van der Waals surface area contributed by atoms with Crippen LogP contribution in [0.3, 0.4) is 0 Å². The molecular formula is C27H31N3O2. The molecule has 0 atom stereocenters. The Labute approximate surface area is 189 Å². The number of carbonyl (C=O) groups excluding carboxylic acids is 1. The smallest absolute Gasteiger partial charge is 0.267 e. The number of unbranched alkanes of at least 4 members (excludes halogenated alkanes) is 1. The number of benzene rings is 2. The van der Waals surface area contributed by atoms with Crippen LogP contribution in [0.25, 0.3) is 0 Å². The minimum absolute atomic E-state index is 0.0557. The van der Waals surface area contributed by atoms with Gasteiger partial charge in [0.15, 0.2) is 0 Å². The zero-order valence-electron chi connectivity index (χ0n) is 18.8. The third-order valence-corrected chi connectivity index (χ3v) is 6.21. The molecular weight excluding hydrogens is 398 g/mol. The number of aromatic amines is 1. The summed E-state index contributed by atoms with van der Waals surface area (Å²) >= 11 is 0. The van der Waals surface area contributed by atoms with Crippen LogP contribution in [0.5, 0.6) is 0 Å². The molecule has 0 saturated carbocycles. The zero-order valence-corrected chi connectivity index (χ0v) is 18.8. The molecule has 166 valence electrons. The van der Waals surface area contributed by atoms with E-state index in [4.69, 9.17) is 0 Å². The minimum atomic E-state index is -0.0557. The van der Waals surface area contributed by atoms with E-state index in [1.165, 1.54) is 0 Å². The first-order chi connectivity index (χ1) is 15.7. The van der Waals surface area contributed by atoms with E-state index in [-0.39, 0.29) is 11.5 Å². The van der Waals surface area contributed by atoms with E-state index in [0.29, 0.717) is 18.5 Å². The molecule has 1 aromatic heterocycles. The molecule has 1 aliphatic carbocycles. The van der Waals surface area contributed by atoms with Crippen molar-refractivity contribution in [3.8, 4) is 0 Å². The van der Waals surface area contributed by atoms with Crippen LogP contribution in [0.4, 0.5) is 0 Å². The minimum Gasteiger partial charge on any atom is -0.334 e. The lowest BCUT2D eigenvalue weighted by Gasteiger charge is -2.23. The first-order valence-corrected chi connectivity index (χ1v) is 11.7. The fourth-order valence-corrected chi connectivity index (χ4v) is 4.47. The van der Waals surface area contributed by atoms with Gasteiger partial charge in [-0.3, -0.25) is 9.59 Å². The van der Waals surface area contributed by atoms with Gasteiger partial charge in [-0.05, 0) is 60.9 Å². The van der Waals surface area contributed by atoms with E-state index in [9.17, 15) is 9.59 Å². The van der Waals surface area contributed by atoms with E-state index >= 15 is 0 Å². The summed E-state index contributed by atoms with van der Waals surface area (Å²) in [7, 11) is 0. The lowest BCUT2D eigenvalue weighted by atomic mass is 9.90. The number of nitrogens with zero attached hydrogens (tertiary/aromatic N) is 2. The molecule has 0 bridgehead atoms. The molecule has 2 aromatic carbocycles. The number of H-pyrrole nitrogens is 1. The molecule has 5 heteroatoms. The van der Waals surface area contributed by atoms with Crippen molar-refractivity contribution in [3.63, 3.8) is 0 Å². The summed E-state index contributed by atoms with van der Waals surface area (Å²) in [6, 6.07) is 18.0. The van der Waals surface area contributed by atoms with Gasteiger partial charge in [-0.15, -0.1) is 0 Å². The molecule has 0 aliphatic heterocycles. The average Bonchev–Trinajstić information content (AvgIpc) is 2.84. The van der Waals surface area contributed by atoms with Gasteiger partial charge in [0.25, 0.3) is 11.5 Å². The lowest BCUT2D eigenvalue weighted by molar-refractivity contribution is 0.0740. The first kappa shape index (κ1) is 22.0. The molecule has 1 amide bonds. The summed E-state index contributed by atoms with van der Waals surface area (Å²) in [4.78, 5) is 27.5. The molecule has 1 heterocycles. The van der Waals surface area contributed by atoms with E-state index in [1.807, 2.05) is 47.4 Å². The van der Waals surface area contributed by atoms with Crippen LogP contribution in [-0.4, -0.2) is 27.5 Å². The first-order valence-electron chi connectivity index (χ1n) is 11.7. The fourth-order valence-electron chi connectivity index (χ4n) is 4.47. The Morgan fingerprint density at radius 1 is 1.00 bits per heavy atom. The second kappa shape index (κ2) is 10.4. The van der Waals surface area contributed by atoms with Crippen molar-refractivity contribution in [1.29, 1.82) is 0 Å². The average molecular weight is 430 g/mol. The monoisotopic (exact) mass is 429 g/mol. The van der Waals surface area contributed by atoms with E-state index in [2.05, 4.69) is 29.3 Å². The quantitative estimate of drug-likeness (QED) is 0.565. The third-order valence-electron chi connectivity index (χ3n) is 6.21. The van der Waals surface area contributed by atoms with Gasteiger partial charge in [-0.2, -0.15) is 5.10 Å². The summed E-state index contributed by atoms with van der Waals surface area (Å²) in [6.07, 6.45) is 6.52. The molecule has 0 radical (unpaired) electrons.